The zero-order chi connectivity index (χ0) is 28.2. The fourth-order valence-electron chi connectivity index (χ4n) is 9.81. The second-order valence-corrected chi connectivity index (χ2v) is 15.2. The average Bonchev–Trinajstić information content (AvgIpc) is 2.83. The maximum absolute atomic E-state index is 14.0. The van der Waals surface area contributed by atoms with Crippen molar-refractivity contribution in [2.45, 2.75) is 94.5 Å². The van der Waals surface area contributed by atoms with Crippen molar-refractivity contribution in [2.75, 3.05) is 6.61 Å². The Morgan fingerprint density at radius 3 is 1.79 bits per heavy atom. The number of hydrogen-bond donors (Lipinski definition) is 1. The summed E-state index contributed by atoms with van der Waals surface area (Å²) in [6.45, 7) is 3.02. The van der Waals surface area contributed by atoms with E-state index in [9.17, 15) is 31.6 Å². The lowest BCUT2D eigenvalue weighted by molar-refractivity contribution is -0.234. The van der Waals surface area contributed by atoms with Gasteiger partial charge in [0.15, 0.2) is 6.61 Å². The molecule has 0 aromatic heterocycles. The number of esters is 3. The molecule has 8 saturated carbocycles. The molecule has 0 aromatic carbocycles. The lowest BCUT2D eigenvalue weighted by atomic mass is 9.45. The predicted octanol–water partition coefficient (Wildman–Crippen LogP) is 3.90. The minimum absolute atomic E-state index is 0.0859. The van der Waals surface area contributed by atoms with Crippen molar-refractivity contribution in [3.05, 3.63) is 0 Å². The van der Waals surface area contributed by atoms with E-state index in [1.54, 1.807) is 0 Å². The first-order chi connectivity index (χ1) is 18.1. The van der Waals surface area contributed by atoms with Gasteiger partial charge in [-0.05, 0) is 108 Å². The summed E-state index contributed by atoms with van der Waals surface area (Å²) in [4.78, 5) is 38.4. The van der Waals surface area contributed by atoms with Crippen molar-refractivity contribution in [3.8, 4) is 0 Å². The smallest absolute Gasteiger partial charge is 0.456 e. The Bertz CT molecular complexity index is 1150. The van der Waals surface area contributed by atoms with Crippen LogP contribution < -0.4 is 0 Å². The van der Waals surface area contributed by atoms with Crippen molar-refractivity contribution in [2.24, 2.45) is 46.8 Å². The van der Waals surface area contributed by atoms with E-state index in [0.29, 0.717) is 31.1 Å². The second kappa shape index (κ2) is 8.59. The zero-order valence-corrected chi connectivity index (χ0v) is 23.0. The second-order valence-electron chi connectivity index (χ2n) is 13.7. The van der Waals surface area contributed by atoms with Gasteiger partial charge in [0.05, 0.1) is 5.41 Å². The molecule has 12 heteroatoms. The third kappa shape index (κ3) is 4.13. The Labute approximate surface area is 226 Å². The summed E-state index contributed by atoms with van der Waals surface area (Å²) in [5.41, 5.74) is -2.88. The molecule has 8 aliphatic carbocycles. The quantitative estimate of drug-likeness (QED) is 0.273. The van der Waals surface area contributed by atoms with Gasteiger partial charge in [-0.15, -0.1) is 0 Å². The maximum atomic E-state index is 14.0. The standard InChI is InChI=1S/C27H36F2O9S/c1-24(17-4-14-3-15(6-17)7-18(24)5-14)37-21(30)13-36-22(31)26-10-16-8-19(11-26)25(2,20(9-16)12-26)38-23(32)27(28,29)39(33,34)35/h14-20H,3-13H2,1-2H3,(H,33,34,35). The fourth-order valence-corrected chi connectivity index (χ4v) is 10.1. The van der Waals surface area contributed by atoms with E-state index in [2.05, 4.69) is 0 Å². The van der Waals surface area contributed by atoms with Crippen LogP contribution in [0.3, 0.4) is 0 Å². The predicted molar refractivity (Wildman–Crippen MR) is 129 cm³/mol. The van der Waals surface area contributed by atoms with Crippen LogP contribution in [0, 0.1) is 46.8 Å². The molecule has 2 atom stereocenters. The van der Waals surface area contributed by atoms with E-state index in [4.69, 9.17) is 18.8 Å². The highest BCUT2D eigenvalue weighted by Gasteiger charge is 2.67. The largest absolute Gasteiger partial charge is 0.465 e. The Hall–Kier alpha value is -1.82. The van der Waals surface area contributed by atoms with Crippen LogP contribution in [-0.4, -0.2) is 53.9 Å². The van der Waals surface area contributed by atoms with Crippen LogP contribution in [0.2, 0.25) is 0 Å². The number of carbonyl (C=O) groups excluding carboxylic acids is 3. The molecule has 8 aliphatic rings. The van der Waals surface area contributed by atoms with Crippen LogP contribution in [0.4, 0.5) is 8.78 Å². The van der Waals surface area contributed by atoms with Gasteiger partial charge in [0.1, 0.15) is 11.2 Å². The van der Waals surface area contributed by atoms with Gasteiger partial charge in [0.2, 0.25) is 0 Å². The van der Waals surface area contributed by atoms with Gasteiger partial charge in [-0.1, -0.05) is 0 Å². The highest BCUT2D eigenvalue weighted by Crippen LogP contribution is 2.65. The summed E-state index contributed by atoms with van der Waals surface area (Å²) < 4.78 is 75.4. The molecular weight excluding hydrogens is 538 g/mol. The van der Waals surface area contributed by atoms with Crippen molar-refractivity contribution in [1.29, 1.82) is 0 Å². The van der Waals surface area contributed by atoms with E-state index in [1.807, 2.05) is 6.92 Å². The lowest BCUT2D eigenvalue weighted by Gasteiger charge is -2.62. The van der Waals surface area contributed by atoms with Crippen LogP contribution in [-0.2, 0) is 38.7 Å². The van der Waals surface area contributed by atoms with E-state index in [-0.39, 0.29) is 18.8 Å². The van der Waals surface area contributed by atoms with E-state index < -0.39 is 68.3 Å². The Morgan fingerprint density at radius 1 is 0.795 bits per heavy atom. The number of hydrogen-bond acceptors (Lipinski definition) is 8. The molecule has 8 rings (SSSR count). The molecule has 0 spiro atoms. The minimum atomic E-state index is -5.99. The first-order valence-electron chi connectivity index (χ1n) is 14.0. The summed E-state index contributed by atoms with van der Waals surface area (Å²) >= 11 is 0. The molecule has 2 unspecified atom stereocenters. The van der Waals surface area contributed by atoms with Crippen LogP contribution in [0.15, 0.2) is 0 Å². The number of rotatable bonds is 7. The van der Waals surface area contributed by atoms with Gasteiger partial charge in [0.25, 0.3) is 0 Å². The van der Waals surface area contributed by atoms with Crippen LogP contribution >= 0.6 is 0 Å². The third-order valence-electron chi connectivity index (χ3n) is 11.5. The summed E-state index contributed by atoms with van der Waals surface area (Å²) in [6.07, 6.45) is 7.57. The Balaban J connectivity index is 1.10. The van der Waals surface area contributed by atoms with Crippen molar-refractivity contribution in [1.82, 2.24) is 0 Å². The molecule has 0 aromatic rings. The monoisotopic (exact) mass is 574 g/mol. The molecular formula is C27H36F2O9S. The highest BCUT2D eigenvalue weighted by molar-refractivity contribution is 7.87. The molecule has 0 radical (unpaired) electrons. The maximum Gasteiger partial charge on any atom is 0.465 e. The van der Waals surface area contributed by atoms with Gasteiger partial charge in [-0.25, -0.2) is 9.59 Å². The fraction of sp³-hybridized carbons (Fsp3) is 0.889. The van der Waals surface area contributed by atoms with E-state index >= 15 is 0 Å². The summed E-state index contributed by atoms with van der Waals surface area (Å²) in [7, 11) is -5.99. The lowest BCUT2D eigenvalue weighted by Crippen LogP contribution is -2.64. The molecule has 0 heterocycles. The SMILES string of the molecule is CC1(OC(=O)COC(=O)C23CC4CC(C2)C(C)(OC(=O)C(F)(F)S(=O)(=O)O)C(C4)C3)C2CC3CC(C2)CC1C3. The van der Waals surface area contributed by atoms with E-state index in [0.717, 1.165) is 37.5 Å². The first-order valence-corrected chi connectivity index (χ1v) is 15.5. The number of carbonyl (C=O) groups is 3. The Morgan fingerprint density at radius 2 is 1.28 bits per heavy atom. The molecule has 9 nitrogen and oxygen atoms in total. The molecule has 39 heavy (non-hydrogen) atoms. The van der Waals surface area contributed by atoms with Crippen LogP contribution in [0.5, 0.6) is 0 Å². The first kappa shape index (κ1) is 27.4. The molecule has 1 N–H and O–H groups in total. The summed E-state index contributed by atoms with van der Waals surface area (Å²) in [5, 5.41) is -5.09. The van der Waals surface area contributed by atoms with Gasteiger partial charge in [-0.2, -0.15) is 17.2 Å². The van der Waals surface area contributed by atoms with Gasteiger partial charge < -0.3 is 14.2 Å². The van der Waals surface area contributed by atoms with Crippen molar-refractivity contribution < 1.29 is 50.3 Å². The van der Waals surface area contributed by atoms with Gasteiger partial charge in [-0.3, -0.25) is 9.35 Å². The van der Waals surface area contributed by atoms with Gasteiger partial charge >= 0.3 is 33.3 Å². The van der Waals surface area contributed by atoms with Crippen LogP contribution in [0.1, 0.15) is 78.1 Å². The zero-order valence-electron chi connectivity index (χ0n) is 22.2. The third-order valence-corrected chi connectivity index (χ3v) is 12.3. The van der Waals surface area contributed by atoms with E-state index in [1.165, 1.54) is 13.3 Å². The highest BCUT2D eigenvalue weighted by atomic mass is 32.2. The summed E-state index contributed by atoms with van der Waals surface area (Å²) in [6, 6.07) is 0. The molecule has 0 aliphatic heterocycles. The summed E-state index contributed by atoms with van der Waals surface area (Å²) in [5.74, 6) is -2.17. The van der Waals surface area contributed by atoms with Crippen molar-refractivity contribution >= 4 is 28.0 Å². The number of ether oxygens (including phenoxy) is 3. The topological polar surface area (TPSA) is 133 Å². The number of halogens is 2. The van der Waals surface area contributed by atoms with Crippen molar-refractivity contribution in [3.63, 3.8) is 0 Å². The minimum Gasteiger partial charge on any atom is -0.456 e. The molecule has 218 valence electrons. The molecule has 0 amide bonds. The Kier molecular flexibility index (Phi) is 6.03. The normalized spacial score (nSPS) is 45.7. The average molecular weight is 575 g/mol. The number of alkyl halides is 2. The molecule has 8 fully saturated rings. The molecule has 8 bridgehead atoms. The molecule has 0 saturated heterocycles. The van der Waals surface area contributed by atoms with Gasteiger partial charge in [0, 0.05) is 11.8 Å². The van der Waals surface area contributed by atoms with Crippen LogP contribution in [0.25, 0.3) is 0 Å².